The molecular formula is C14H19NO. The number of rotatable bonds is 3. The number of H-pyrrole nitrogens is 1. The topological polar surface area (TPSA) is 32.9 Å². The van der Waals surface area contributed by atoms with Gasteiger partial charge in [0.15, 0.2) is 0 Å². The van der Waals surface area contributed by atoms with Gasteiger partial charge in [0.1, 0.15) is 5.78 Å². The van der Waals surface area contributed by atoms with Gasteiger partial charge >= 0.3 is 0 Å². The molecule has 0 unspecified atom stereocenters. The Morgan fingerprint density at radius 3 is 2.62 bits per heavy atom. The van der Waals surface area contributed by atoms with Crippen LogP contribution in [0.1, 0.15) is 32.8 Å². The number of aromatic amines is 1. The summed E-state index contributed by atoms with van der Waals surface area (Å²) in [4.78, 5) is 14.1. The largest absolute Gasteiger partial charge is 0.361 e. The van der Waals surface area contributed by atoms with Gasteiger partial charge in [0.2, 0.25) is 0 Å². The molecule has 2 aromatic rings. The zero-order chi connectivity index (χ0) is 12.0. The van der Waals surface area contributed by atoms with Gasteiger partial charge in [-0.05, 0) is 25.0 Å². The number of hydrogen-bond acceptors (Lipinski definition) is 1. The fourth-order valence-electron chi connectivity index (χ4n) is 1.65. The van der Waals surface area contributed by atoms with Gasteiger partial charge in [0, 0.05) is 23.5 Å². The van der Waals surface area contributed by atoms with Crippen LogP contribution in [0.25, 0.3) is 10.9 Å². The molecule has 2 rings (SSSR count). The molecule has 16 heavy (non-hydrogen) atoms. The molecule has 0 fully saturated rings. The van der Waals surface area contributed by atoms with Crippen LogP contribution in [0.4, 0.5) is 0 Å². The normalized spacial score (nSPS) is 9.69. The van der Waals surface area contributed by atoms with E-state index < -0.39 is 0 Å². The summed E-state index contributed by atoms with van der Waals surface area (Å²) < 4.78 is 0. The fourth-order valence-corrected chi connectivity index (χ4v) is 1.65. The SMILES string of the molecule is CC.CC(=O)CCc1c[nH]c2ccccc12. The molecule has 2 nitrogen and oxygen atoms in total. The molecule has 86 valence electrons. The monoisotopic (exact) mass is 217 g/mol. The second-order valence-electron chi connectivity index (χ2n) is 3.56. The van der Waals surface area contributed by atoms with E-state index in [1.807, 2.05) is 38.2 Å². The maximum absolute atomic E-state index is 10.9. The van der Waals surface area contributed by atoms with Crippen LogP contribution in [0.2, 0.25) is 0 Å². The highest BCUT2D eigenvalue weighted by molar-refractivity contribution is 5.84. The molecule has 2 heteroatoms. The number of fused-ring (bicyclic) bond motifs is 1. The first-order valence-electron chi connectivity index (χ1n) is 5.82. The van der Waals surface area contributed by atoms with E-state index in [1.165, 1.54) is 10.9 Å². The molecule has 1 N–H and O–H groups in total. The Bertz CT molecular complexity index is 456. The summed E-state index contributed by atoms with van der Waals surface area (Å²) >= 11 is 0. The molecule has 0 aliphatic carbocycles. The third-order valence-corrected chi connectivity index (χ3v) is 2.42. The van der Waals surface area contributed by atoms with Crippen LogP contribution >= 0.6 is 0 Å². The molecule has 0 radical (unpaired) electrons. The first-order chi connectivity index (χ1) is 7.77. The van der Waals surface area contributed by atoms with Gasteiger partial charge < -0.3 is 9.78 Å². The van der Waals surface area contributed by atoms with Crippen molar-refractivity contribution in [3.63, 3.8) is 0 Å². The van der Waals surface area contributed by atoms with E-state index in [-0.39, 0.29) is 5.78 Å². The summed E-state index contributed by atoms with van der Waals surface area (Å²) in [5.74, 6) is 0.246. The molecule has 0 bridgehead atoms. The number of carbonyl (C=O) groups is 1. The molecule has 0 saturated carbocycles. The van der Waals surface area contributed by atoms with Crippen molar-refractivity contribution in [1.82, 2.24) is 4.98 Å². The van der Waals surface area contributed by atoms with E-state index in [2.05, 4.69) is 11.1 Å². The maximum Gasteiger partial charge on any atom is 0.130 e. The maximum atomic E-state index is 10.9. The summed E-state index contributed by atoms with van der Waals surface area (Å²) in [6, 6.07) is 8.16. The molecule has 0 aliphatic rings. The first kappa shape index (κ1) is 12.5. The zero-order valence-electron chi connectivity index (χ0n) is 10.2. The van der Waals surface area contributed by atoms with Gasteiger partial charge in [-0.15, -0.1) is 0 Å². The Morgan fingerprint density at radius 1 is 1.25 bits per heavy atom. The smallest absolute Gasteiger partial charge is 0.130 e. The van der Waals surface area contributed by atoms with E-state index >= 15 is 0 Å². The first-order valence-corrected chi connectivity index (χ1v) is 5.82. The number of aryl methyl sites for hydroxylation is 1. The highest BCUT2D eigenvalue weighted by atomic mass is 16.1. The molecule has 0 spiro atoms. The lowest BCUT2D eigenvalue weighted by Gasteiger charge is -1.95. The average molecular weight is 217 g/mol. The number of para-hydroxylation sites is 1. The Hall–Kier alpha value is -1.57. The predicted octanol–water partition coefficient (Wildman–Crippen LogP) is 3.72. The van der Waals surface area contributed by atoms with Crippen LogP contribution in [-0.4, -0.2) is 10.8 Å². The van der Waals surface area contributed by atoms with Gasteiger partial charge in [-0.3, -0.25) is 0 Å². The van der Waals surface area contributed by atoms with Crippen LogP contribution in [0, 0.1) is 0 Å². The molecule has 1 aromatic carbocycles. The van der Waals surface area contributed by atoms with Crippen molar-refractivity contribution in [2.45, 2.75) is 33.6 Å². The summed E-state index contributed by atoms with van der Waals surface area (Å²) in [5, 5.41) is 1.23. The standard InChI is InChI=1S/C12H13NO.C2H6/c1-9(14)6-7-10-8-13-12-5-3-2-4-11(10)12;1-2/h2-5,8,13H,6-7H2,1H3;1-2H3. The van der Waals surface area contributed by atoms with Crippen molar-refractivity contribution in [2.24, 2.45) is 0 Å². The highest BCUT2D eigenvalue weighted by Gasteiger charge is 2.03. The number of Topliss-reactive ketones (excluding diaryl/α,β-unsaturated/α-hetero) is 1. The summed E-state index contributed by atoms with van der Waals surface area (Å²) in [7, 11) is 0. The molecule has 1 heterocycles. The van der Waals surface area contributed by atoms with Crippen LogP contribution in [0.3, 0.4) is 0 Å². The van der Waals surface area contributed by atoms with Gasteiger partial charge in [0.05, 0.1) is 0 Å². The Labute approximate surface area is 96.7 Å². The van der Waals surface area contributed by atoms with Crippen LogP contribution in [0.15, 0.2) is 30.5 Å². The van der Waals surface area contributed by atoms with Crippen molar-refractivity contribution in [2.75, 3.05) is 0 Å². The molecule has 0 aliphatic heterocycles. The molecule has 1 aromatic heterocycles. The minimum atomic E-state index is 0.246. The van der Waals surface area contributed by atoms with Gasteiger partial charge in [0.25, 0.3) is 0 Å². The number of benzene rings is 1. The van der Waals surface area contributed by atoms with Crippen LogP contribution in [0.5, 0.6) is 0 Å². The highest BCUT2D eigenvalue weighted by Crippen LogP contribution is 2.18. The van der Waals surface area contributed by atoms with Crippen molar-refractivity contribution in [1.29, 1.82) is 0 Å². The lowest BCUT2D eigenvalue weighted by Crippen LogP contribution is -1.92. The Morgan fingerprint density at radius 2 is 1.94 bits per heavy atom. The summed E-state index contributed by atoms with van der Waals surface area (Å²) in [6.07, 6.45) is 3.45. The molecule has 0 atom stereocenters. The van der Waals surface area contributed by atoms with Crippen molar-refractivity contribution < 1.29 is 4.79 Å². The van der Waals surface area contributed by atoms with Crippen LogP contribution in [-0.2, 0) is 11.2 Å². The molecule has 0 amide bonds. The predicted molar refractivity (Wildman–Crippen MR) is 68.6 cm³/mol. The third kappa shape index (κ3) is 2.96. The Kier molecular flexibility index (Phi) is 4.77. The van der Waals surface area contributed by atoms with E-state index in [4.69, 9.17) is 0 Å². The third-order valence-electron chi connectivity index (χ3n) is 2.42. The lowest BCUT2D eigenvalue weighted by molar-refractivity contribution is -0.116. The number of carbonyl (C=O) groups excluding carboxylic acids is 1. The number of nitrogens with one attached hydrogen (secondary N) is 1. The van der Waals surface area contributed by atoms with Crippen LogP contribution < -0.4 is 0 Å². The van der Waals surface area contributed by atoms with Gasteiger partial charge in [-0.2, -0.15) is 0 Å². The number of hydrogen-bond donors (Lipinski definition) is 1. The van der Waals surface area contributed by atoms with E-state index in [1.54, 1.807) is 6.92 Å². The zero-order valence-corrected chi connectivity index (χ0v) is 10.2. The van der Waals surface area contributed by atoms with E-state index in [0.717, 1.165) is 11.9 Å². The van der Waals surface area contributed by atoms with Crippen molar-refractivity contribution >= 4 is 16.7 Å². The van der Waals surface area contributed by atoms with Gasteiger partial charge in [-0.1, -0.05) is 32.0 Å². The van der Waals surface area contributed by atoms with E-state index in [0.29, 0.717) is 6.42 Å². The minimum absolute atomic E-state index is 0.246. The van der Waals surface area contributed by atoms with Crippen molar-refractivity contribution in [3.05, 3.63) is 36.0 Å². The molecular weight excluding hydrogens is 198 g/mol. The van der Waals surface area contributed by atoms with E-state index in [9.17, 15) is 4.79 Å². The van der Waals surface area contributed by atoms with Gasteiger partial charge in [-0.25, -0.2) is 0 Å². The summed E-state index contributed by atoms with van der Waals surface area (Å²) in [6.45, 7) is 5.63. The Balaban J connectivity index is 0.000000606. The number of ketones is 1. The molecule has 0 saturated heterocycles. The quantitative estimate of drug-likeness (QED) is 0.835. The second kappa shape index (κ2) is 6.11. The minimum Gasteiger partial charge on any atom is -0.361 e. The summed E-state index contributed by atoms with van der Waals surface area (Å²) in [5.41, 5.74) is 2.38. The average Bonchev–Trinajstić information content (AvgIpc) is 2.72. The second-order valence-corrected chi connectivity index (χ2v) is 3.56. The number of aromatic nitrogens is 1. The lowest BCUT2D eigenvalue weighted by atomic mass is 10.1. The fraction of sp³-hybridized carbons (Fsp3) is 0.357. The van der Waals surface area contributed by atoms with Crippen molar-refractivity contribution in [3.8, 4) is 0 Å².